The Kier molecular flexibility index (Phi) is 5.31. The van der Waals surface area contributed by atoms with Crippen LogP contribution in [-0.2, 0) is 0 Å². The average Bonchev–Trinajstić information content (AvgIpc) is 3.52. The van der Waals surface area contributed by atoms with E-state index in [2.05, 4.69) is 20.2 Å². The molecule has 186 valence electrons. The number of aliphatic hydroxyl groups is 1. The van der Waals surface area contributed by atoms with E-state index in [1.54, 1.807) is 54.3 Å². The lowest BCUT2D eigenvalue weighted by Crippen LogP contribution is -2.49. The molecule has 1 aromatic carbocycles. The number of hydrogen-bond acceptors (Lipinski definition) is 7. The fraction of sp³-hybridized carbons (Fsp3) is 0.240. The Morgan fingerprint density at radius 2 is 2.05 bits per heavy atom. The number of benzene rings is 1. The first-order valence-corrected chi connectivity index (χ1v) is 11.5. The fourth-order valence-electron chi connectivity index (χ4n) is 4.84. The Labute approximate surface area is 208 Å². The molecule has 4 aromatic heterocycles. The van der Waals surface area contributed by atoms with Crippen molar-refractivity contribution in [2.24, 2.45) is 5.92 Å². The molecule has 0 amide bonds. The number of anilines is 1. The third-order valence-electron chi connectivity index (χ3n) is 6.61. The number of alkyl halides is 2. The number of fused-ring (bicyclic) bond motifs is 2. The quantitative estimate of drug-likeness (QED) is 0.388. The van der Waals surface area contributed by atoms with Crippen LogP contribution in [0.25, 0.3) is 33.4 Å². The summed E-state index contributed by atoms with van der Waals surface area (Å²) in [7, 11) is 0. The standard InChI is InChI=1S/C25H19F3N8O/c1-13-20(21-16-4-3-15(35-6-2-5-31-35)7-19(16)30-9-18(21)26)25(34-10-14(11-34)12-37)36-24(32-13)17(8-29)22(33-36)23(27)28/h2-7,9,14,23,37H,10-12H2,1H3. The summed E-state index contributed by atoms with van der Waals surface area (Å²) in [6.07, 6.45) is 1.54. The lowest BCUT2D eigenvalue weighted by atomic mass is 9.95. The van der Waals surface area contributed by atoms with Crippen LogP contribution in [0.1, 0.15) is 23.4 Å². The van der Waals surface area contributed by atoms with Gasteiger partial charge in [0, 0.05) is 54.5 Å². The maximum atomic E-state index is 15.6. The minimum Gasteiger partial charge on any atom is -0.396 e. The van der Waals surface area contributed by atoms with E-state index in [4.69, 9.17) is 0 Å². The maximum absolute atomic E-state index is 15.6. The molecule has 5 heterocycles. The fourth-order valence-corrected chi connectivity index (χ4v) is 4.84. The smallest absolute Gasteiger partial charge is 0.283 e. The van der Waals surface area contributed by atoms with Crippen molar-refractivity contribution in [2.45, 2.75) is 13.3 Å². The van der Waals surface area contributed by atoms with Crippen molar-refractivity contribution < 1.29 is 18.3 Å². The number of nitriles is 1. The number of pyridine rings is 1. The monoisotopic (exact) mass is 504 g/mol. The van der Waals surface area contributed by atoms with Gasteiger partial charge in [0.1, 0.15) is 29.0 Å². The molecule has 1 saturated heterocycles. The number of nitrogens with zero attached hydrogens (tertiary/aromatic N) is 8. The predicted octanol–water partition coefficient (Wildman–Crippen LogP) is 3.82. The van der Waals surface area contributed by atoms with Gasteiger partial charge in [0.05, 0.1) is 23.1 Å². The van der Waals surface area contributed by atoms with Crippen molar-refractivity contribution in [1.29, 1.82) is 5.26 Å². The third-order valence-corrected chi connectivity index (χ3v) is 6.61. The highest BCUT2D eigenvalue weighted by atomic mass is 19.3. The number of aryl methyl sites for hydroxylation is 1. The topological polar surface area (TPSA) is 108 Å². The van der Waals surface area contributed by atoms with E-state index in [1.165, 1.54) is 4.52 Å². The van der Waals surface area contributed by atoms with Gasteiger partial charge in [0.25, 0.3) is 6.43 Å². The van der Waals surface area contributed by atoms with Gasteiger partial charge in [-0.3, -0.25) is 4.98 Å². The molecular weight excluding hydrogens is 485 g/mol. The molecule has 1 aliphatic heterocycles. The molecule has 0 atom stereocenters. The van der Waals surface area contributed by atoms with Crippen LogP contribution in [0.4, 0.5) is 19.0 Å². The van der Waals surface area contributed by atoms with Gasteiger partial charge in [-0.05, 0) is 31.2 Å². The van der Waals surface area contributed by atoms with E-state index in [-0.39, 0.29) is 29.3 Å². The summed E-state index contributed by atoms with van der Waals surface area (Å²) in [6.45, 7) is 2.40. The summed E-state index contributed by atoms with van der Waals surface area (Å²) in [5.41, 5.74) is 1.08. The van der Waals surface area contributed by atoms with Crippen LogP contribution < -0.4 is 4.90 Å². The molecule has 0 bridgehead atoms. The maximum Gasteiger partial charge on any atom is 0.283 e. The van der Waals surface area contributed by atoms with Crippen LogP contribution in [0, 0.1) is 30.0 Å². The molecule has 0 aliphatic carbocycles. The van der Waals surface area contributed by atoms with Crippen LogP contribution >= 0.6 is 0 Å². The second-order valence-corrected chi connectivity index (χ2v) is 8.89. The first kappa shape index (κ1) is 22.9. The van der Waals surface area contributed by atoms with Crippen LogP contribution in [0.2, 0.25) is 0 Å². The molecule has 5 aromatic rings. The largest absolute Gasteiger partial charge is 0.396 e. The lowest BCUT2D eigenvalue weighted by Gasteiger charge is -2.41. The number of aliphatic hydroxyl groups excluding tert-OH is 1. The van der Waals surface area contributed by atoms with Gasteiger partial charge in [-0.15, -0.1) is 0 Å². The Hall–Kier alpha value is -4.50. The Morgan fingerprint density at radius 3 is 2.73 bits per heavy atom. The summed E-state index contributed by atoms with van der Waals surface area (Å²) >= 11 is 0. The number of rotatable bonds is 5. The normalized spacial score (nSPS) is 14.0. The third kappa shape index (κ3) is 3.50. The molecule has 6 rings (SSSR count). The molecule has 0 radical (unpaired) electrons. The first-order valence-electron chi connectivity index (χ1n) is 11.5. The molecule has 1 fully saturated rings. The zero-order valence-corrected chi connectivity index (χ0v) is 19.5. The van der Waals surface area contributed by atoms with E-state index in [9.17, 15) is 19.1 Å². The van der Waals surface area contributed by atoms with Crippen molar-refractivity contribution in [1.82, 2.24) is 29.4 Å². The highest BCUT2D eigenvalue weighted by Crippen LogP contribution is 2.42. The summed E-state index contributed by atoms with van der Waals surface area (Å²) in [4.78, 5) is 10.5. The van der Waals surface area contributed by atoms with Gasteiger partial charge in [-0.25, -0.2) is 22.8 Å². The summed E-state index contributed by atoms with van der Waals surface area (Å²) < 4.78 is 46.0. The number of halogens is 3. The summed E-state index contributed by atoms with van der Waals surface area (Å²) in [5.74, 6) is -0.323. The van der Waals surface area contributed by atoms with Crippen molar-refractivity contribution in [3.63, 3.8) is 0 Å². The Morgan fingerprint density at radius 1 is 1.24 bits per heavy atom. The van der Waals surface area contributed by atoms with Gasteiger partial charge >= 0.3 is 0 Å². The Balaban J connectivity index is 1.66. The van der Waals surface area contributed by atoms with Gasteiger partial charge in [0.2, 0.25) is 0 Å². The zero-order valence-electron chi connectivity index (χ0n) is 19.5. The van der Waals surface area contributed by atoms with E-state index in [0.717, 1.165) is 11.9 Å². The summed E-state index contributed by atoms with van der Waals surface area (Å²) in [5, 5.41) is 27.9. The second-order valence-electron chi connectivity index (χ2n) is 8.89. The first-order chi connectivity index (χ1) is 17.9. The predicted molar refractivity (Wildman–Crippen MR) is 128 cm³/mol. The summed E-state index contributed by atoms with van der Waals surface area (Å²) in [6, 6.07) is 8.86. The van der Waals surface area contributed by atoms with Gasteiger partial charge < -0.3 is 10.0 Å². The van der Waals surface area contributed by atoms with Gasteiger partial charge in [0.15, 0.2) is 5.65 Å². The highest BCUT2D eigenvalue weighted by molar-refractivity contribution is 5.99. The SMILES string of the molecule is Cc1nc2c(C#N)c(C(F)F)nn2c(N2CC(CO)C2)c1-c1c(F)cnc2cc(-n3cccn3)ccc12. The average molecular weight is 504 g/mol. The molecule has 0 saturated carbocycles. The van der Waals surface area contributed by atoms with Crippen LogP contribution in [0.5, 0.6) is 0 Å². The molecule has 37 heavy (non-hydrogen) atoms. The van der Waals surface area contributed by atoms with E-state index in [1.807, 2.05) is 4.90 Å². The molecule has 0 spiro atoms. The van der Waals surface area contributed by atoms with Crippen LogP contribution in [-0.4, -0.2) is 54.2 Å². The number of aromatic nitrogens is 6. The zero-order chi connectivity index (χ0) is 25.8. The molecule has 0 unspecified atom stereocenters. The molecule has 1 N–H and O–H groups in total. The van der Waals surface area contributed by atoms with E-state index < -0.39 is 17.9 Å². The minimum absolute atomic E-state index is 0.0266. The van der Waals surface area contributed by atoms with Crippen molar-refractivity contribution >= 4 is 22.4 Å². The molecular formula is C25H19F3N8O. The minimum atomic E-state index is -2.99. The molecule has 12 heteroatoms. The lowest BCUT2D eigenvalue weighted by molar-refractivity contribution is 0.145. The van der Waals surface area contributed by atoms with Crippen LogP contribution in [0.3, 0.4) is 0 Å². The second kappa shape index (κ2) is 8.56. The van der Waals surface area contributed by atoms with Crippen molar-refractivity contribution in [3.8, 4) is 22.9 Å². The Bertz CT molecular complexity index is 1700. The van der Waals surface area contributed by atoms with E-state index >= 15 is 4.39 Å². The van der Waals surface area contributed by atoms with Crippen molar-refractivity contribution in [2.75, 3.05) is 24.6 Å². The highest BCUT2D eigenvalue weighted by Gasteiger charge is 2.34. The molecule has 9 nitrogen and oxygen atoms in total. The molecule has 1 aliphatic rings. The number of hydrogen-bond donors (Lipinski definition) is 1. The van der Waals surface area contributed by atoms with E-state index in [0.29, 0.717) is 41.1 Å². The van der Waals surface area contributed by atoms with Gasteiger partial charge in [-0.1, -0.05) is 0 Å². The van der Waals surface area contributed by atoms with Gasteiger partial charge in [-0.2, -0.15) is 20.0 Å². The van der Waals surface area contributed by atoms with Crippen molar-refractivity contribution in [3.05, 3.63) is 65.6 Å². The van der Waals surface area contributed by atoms with Crippen LogP contribution in [0.15, 0.2) is 42.9 Å².